The molecule has 1 saturated heterocycles. The van der Waals surface area contributed by atoms with E-state index in [4.69, 9.17) is 5.73 Å². The lowest BCUT2D eigenvalue weighted by Gasteiger charge is -2.14. The summed E-state index contributed by atoms with van der Waals surface area (Å²) in [6, 6.07) is 0.472. The van der Waals surface area contributed by atoms with Crippen molar-refractivity contribution >= 4 is 16.0 Å². The van der Waals surface area contributed by atoms with Crippen molar-refractivity contribution in [2.45, 2.75) is 38.1 Å². The number of hydrogen-bond donors (Lipinski definition) is 2. The Morgan fingerprint density at radius 1 is 1.37 bits per heavy atom. The Balaban J connectivity index is 1.76. The minimum absolute atomic E-state index is 0.290. The molecular formula is C12H24N4O2S. The highest BCUT2D eigenvalue weighted by atomic mass is 32.2. The average Bonchev–Trinajstić information content (AvgIpc) is 2.95. The molecule has 0 spiro atoms. The fourth-order valence-corrected chi connectivity index (χ4v) is 3.72. The minimum atomic E-state index is -3.05. The largest absolute Gasteiger partial charge is 0.370 e. The Labute approximate surface area is 115 Å². The van der Waals surface area contributed by atoms with Gasteiger partial charge in [-0.1, -0.05) is 12.8 Å². The molecule has 1 unspecified atom stereocenters. The Hall–Kier alpha value is -0.820. The first-order valence-electron chi connectivity index (χ1n) is 6.97. The summed E-state index contributed by atoms with van der Waals surface area (Å²) in [5.41, 5.74) is 5.86. The summed E-state index contributed by atoms with van der Waals surface area (Å²) in [5, 5.41) is 3.24. The Kier molecular flexibility index (Phi) is 4.67. The molecule has 1 aliphatic heterocycles. The summed E-state index contributed by atoms with van der Waals surface area (Å²) in [4.78, 5) is 4.35. The van der Waals surface area contributed by atoms with Crippen LogP contribution in [0.25, 0.3) is 0 Å². The van der Waals surface area contributed by atoms with Crippen LogP contribution in [0.2, 0.25) is 0 Å². The number of nitrogens with two attached hydrogens (primary N) is 1. The van der Waals surface area contributed by atoms with Crippen molar-refractivity contribution in [1.29, 1.82) is 0 Å². The molecule has 0 radical (unpaired) electrons. The van der Waals surface area contributed by atoms with E-state index in [0.29, 0.717) is 37.6 Å². The van der Waals surface area contributed by atoms with Crippen LogP contribution in [0.5, 0.6) is 0 Å². The molecule has 110 valence electrons. The highest BCUT2D eigenvalue weighted by Gasteiger charge is 2.28. The molecule has 0 aromatic rings. The molecule has 0 aromatic heterocycles. The maximum Gasteiger partial charge on any atom is 0.211 e. The maximum absolute atomic E-state index is 11.4. The molecule has 0 bridgehead atoms. The van der Waals surface area contributed by atoms with Crippen molar-refractivity contribution in [3.8, 4) is 0 Å². The maximum atomic E-state index is 11.4. The Morgan fingerprint density at radius 3 is 2.63 bits per heavy atom. The highest BCUT2D eigenvalue weighted by Crippen LogP contribution is 2.19. The number of nitrogens with one attached hydrogen (secondary N) is 1. The monoisotopic (exact) mass is 288 g/mol. The molecule has 1 saturated carbocycles. The van der Waals surface area contributed by atoms with Crippen LogP contribution < -0.4 is 11.1 Å². The van der Waals surface area contributed by atoms with Gasteiger partial charge in [0.05, 0.1) is 6.26 Å². The van der Waals surface area contributed by atoms with Crippen molar-refractivity contribution in [1.82, 2.24) is 9.62 Å². The SMILES string of the molecule is CS(=O)(=O)N1CCC(CN=C(N)NC2CCCC2)C1. The molecule has 3 N–H and O–H groups in total. The first kappa shape index (κ1) is 14.6. The van der Waals surface area contributed by atoms with E-state index in [9.17, 15) is 8.42 Å². The summed E-state index contributed by atoms with van der Waals surface area (Å²) in [6.45, 7) is 1.78. The number of sulfonamides is 1. The lowest BCUT2D eigenvalue weighted by Crippen LogP contribution is -2.39. The van der Waals surface area contributed by atoms with E-state index >= 15 is 0 Å². The van der Waals surface area contributed by atoms with Crippen LogP contribution in [0.15, 0.2) is 4.99 Å². The van der Waals surface area contributed by atoms with E-state index in [1.54, 1.807) is 0 Å². The first-order valence-corrected chi connectivity index (χ1v) is 8.81. The van der Waals surface area contributed by atoms with Crippen LogP contribution in [0.3, 0.4) is 0 Å². The lowest BCUT2D eigenvalue weighted by molar-refractivity contribution is 0.464. The van der Waals surface area contributed by atoms with Gasteiger partial charge in [0.15, 0.2) is 5.96 Å². The van der Waals surface area contributed by atoms with E-state index in [1.165, 1.54) is 36.2 Å². The number of nitrogens with zero attached hydrogens (tertiary/aromatic N) is 2. The van der Waals surface area contributed by atoms with Gasteiger partial charge >= 0.3 is 0 Å². The van der Waals surface area contributed by atoms with Crippen LogP contribution in [0.1, 0.15) is 32.1 Å². The van der Waals surface area contributed by atoms with Crippen LogP contribution in [0.4, 0.5) is 0 Å². The number of aliphatic imine (C=N–C) groups is 1. The average molecular weight is 288 g/mol. The summed E-state index contributed by atoms with van der Waals surface area (Å²) in [7, 11) is -3.05. The Morgan fingerprint density at radius 2 is 2.05 bits per heavy atom. The summed E-state index contributed by atoms with van der Waals surface area (Å²) < 4.78 is 24.3. The van der Waals surface area contributed by atoms with Crippen molar-refractivity contribution in [2.24, 2.45) is 16.6 Å². The van der Waals surface area contributed by atoms with Crippen LogP contribution in [-0.2, 0) is 10.0 Å². The topological polar surface area (TPSA) is 87.8 Å². The van der Waals surface area contributed by atoms with Gasteiger partial charge in [0, 0.05) is 25.7 Å². The van der Waals surface area contributed by atoms with E-state index in [1.807, 2.05) is 0 Å². The van der Waals surface area contributed by atoms with Gasteiger partial charge in [-0.2, -0.15) is 0 Å². The van der Waals surface area contributed by atoms with E-state index < -0.39 is 10.0 Å². The predicted molar refractivity (Wildman–Crippen MR) is 76.4 cm³/mol. The van der Waals surface area contributed by atoms with Gasteiger partial charge in [0.1, 0.15) is 0 Å². The minimum Gasteiger partial charge on any atom is -0.370 e. The molecule has 0 amide bonds. The second-order valence-corrected chi connectivity index (χ2v) is 7.61. The second-order valence-electron chi connectivity index (χ2n) is 5.63. The smallest absolute Gasteiger partial charge is 0.211 e. The van der Waals surface area contributed by atoms with Gasteiger partial charge in [-0.15, -0.1) is 0 Å². The van der Waals surface area contributed by atoms with Crippen molar-refractivity contribution in [3.05, 3.63) is 0 Å². The standard InChI is InChI=1S/C12H24N4O2S/c1-19(17,18)16-7-6-10(9-16)8-14-12(13)15-11-4-2-3-5-11/h10-11H,2-9H2,1H3,(H3,13,14,15). The number of guanidine groups is 1. The molecule has 2 fully saturated rings. The number of hydrogen-bond acceptors (Lipinski definition) is 3. The van der Waals surface area contributed by atoms with Gasteiger partial charge in [0.25, 0.3) is 0 Å². The van der Waals surface area contributed by atoms with E-state index in [0.717, 1.165) is 6.42 Å². The third-order valence-electron chi connectivity index (χ3n) is 3.94. The molecule has 2 aliphatic rings. The molecule has 7 heteroatoms. The summed E-state index contributed by atoms with van der Waals surface area (Å²) in [6.07, 6.45) is 6.98. The first-order chi connectivity index (χ1) is 8.95. The van der Waals surface area contributed by atoms with Crippen LogP contribution in [-0.4, -0.2) is 50.6 Å². The molecule has 1 heterocycles. The zero-order chi connectivity index (χ0) is 13.9. The molecule has 0 aromatic carbocycles. The van der Waals surface area contributed by atoms with Gasteiger partial charge in [-0.05, 0) is 25.2 Å². The third kappa shape index (κ3) is 4.35. The Bertz CT molecular complexity index is 429. The quantitative estimate of drug-likeness (QED) is 0.568. The molecule has 19 heavy (non-hydrogen) atoms. The number of rotatable bonds is 4. The molecule has 6 nitrogen and oxygen atoms in total. The van der Waals surface area contributed by atoms with Crippen molar-refractivity contribution in [3.63, 3.8) is 0 Å². The lowest BCUT2D eigenvalue weighted by atomic mass is 10.1. The molecule has 2 rings (SSSR count). The highest BCUT2D eigenvalue weighted by molar-refractivity contribution is 7.88. The predicted octanol–water partition coefficient (Wildman–Crippen LogP) is 0.115. The van der Waals surface area contributed by atoms with Gasteiger partial charge < -0.3 is 11.1 Å². The summed E-state index contributed by atoms with van der Waals surface area (Å²) >= 11 is 0. The van der Waals surface area contributed by atoms with E-state index in [2.05, 4.69) is 10.3 Å². The van der Waals surface area contributed by atoms with Gasteiger partial charge in [-0.25, -0.2) is 12.7 Å². The summed E-state index contributed by atoms with van der Waals surface area (Å²) in [5.74, 6) is 0.795. The van der Waals surface area contributed by atoms with Crippen molar-refractivity contribution in [2.75, 3.05) is 25.9 Å². The third-order valence-corrected chi connectivity index (χ3v) is 5.21. The van der Waals surface area contributed by atoms with Crippen LogP contribution >= 0.6 is 0 Å². The van der Waals surface area contributed by atoms with E-state index in [-0.39, 0.29) is 0 Å². The normalized spacial score (nSPS) is 27.0. The molecule has 1 aliphatic carbocycles. The fourth-order valence-electron chi connectivity index (χ4n) is 2.80. The zero-order valence-corrected chi connectivity index (χ0v) is 12.3. The van der Waals surface area contributed by atoms with Gasteiger partial charge in [0.2, 0.25) is 10.0 Å². The van der Waals surface area contributed by atoms with Gasteiger partial charge in [-0.3, -0.25) is 4.99 Å². The molecular weight excluding hydrogens is 264 g/mol. The van der Waals surface area contributed by atoms with Crippen LogP contribution in [0, 0.1) is 5.92 Å². The van der Waals surface area contributed by atoms with Crippen molar-refractivity contribution < 1.29 is 8.42 Å². The zero-order valence-electron chi connectivity index (χ0n) is 11.5. The molecule has 1 atom stereocenters. The fraction of sp³-hybridized carbons (Fsp3) is 0.917. The second kappa shape index (κ2) is 6.09.